The molecule has 0 N–H and O–H groups in total. The van der Waals surface area contributed by atoms with Crippen LogP contribution < -0.4 is 0 Å². The summed E-state index contributed by atoms with van der Waals surface area (Å²) in [4.78, 5) is 21.7. The Labute approximate surface area is 187 Å². The average molecular weight is 446 g/mol. The molecule has 3 heterocycles. The summed E-state index contributed by atoms with van der Waals surface area (Å²) in [6.07, 6.45) is 2.23. The maximum atomic E-state index is 12.8. The molecule has 0 saturated carbocycles. The van der Waals surface area contributed by atoms with Crippen LogP contribution in [0, 0.1) is 0 Å². The summed E-state index contributed by atoms with van der Waals surface area (Å²) in [5.41, 5.74) is 2.20. The Balaban J connectivity index is 1.29. The summed E-state index contributed by atoms with van der Waals surface area (Å²) in [6, 6.07) is 9.28. The fraction of sp³-hybridized carbons (Fsp3) is 0.520. The van der Waals surface area contributed by atoms with Crippen LogP contribution in [0.4, 0.5) is 13.2 Å². The van der Waals surface area contributed by atoms with Gasteiger partial charge in [0.05, 0.1) is 11.6 Å². The van der Waals surface area contributed by atoms with Crippen LogP contribution in [0.2, 0.25) is 0 Å². The maximum Gasteiger partial charge on any atom is 0.416 e. The van der Waals surface area contributed by atoms with Crippen molar-refractivity contribution in [2.45, 2.75) is 57.2 Å². The molecule has 2 aliphatic rings. The lowest BCUT2D eigenvalue weighted by atomic mass is 9.92. The fourth-order valence-corrected chi connectivity index (χ4v) is 4.77. The molecular formula is C25H30F3N3O. The van der Waals surface area contributed by atoms with Gasteiger partial charge < -0.3 is 4.90 Å². The van der Waals surface area contributed by atoms with Crippen LogP contribution in [0.3, 0.4) is 0 Å². The van der Waals surface area contributed by atoms with Gasteiger partial charge >= 0.3 is 6.18 Å². The predicted molar refractivity (Wildman–Crippen MR) is 117 cm³/mol. The van der Waals surface area contributed by atoms with Crippen molar-refractivity contribution >= 4 is 5.91 Å². The lowest BCUT2D eigenvalue weighted by Crippen LogP contribution is -2.48. The van der Waals surface area contributed by atoms with Gasteiger partial charge in [0.25, 0.3) is 0 Å². The number of likely N-dealkylation sites (tertiary alicyclic amines) is 2. The third-order valence-electron chi connectivity index (χ3n) is 6.81. The highest BCUT2D eigenvalue weighted by atomic mass is 19.4. The minimum absolute atomic E-state index is 0.0309. The summed E-state index contributed by atoms with van der Waals surface area (Å²) >= 11 is 0. The monoisotopic (exact) mass is 445 g/mol. The van der Waals surface area contributed by atoms with Crippen molar-refractivity contribution in [3.8, 4) is 0 Å². The number of carbonyl (C=O) groups excluding carboxylic acids is 1. The first-order valence-corrected chi connectivity index (χ1v) is 11.4. The van der Waals surface area contributed by atoms with Gasteiger partial charge in [-0.3, -0.25) is 14.7 Å². The molecular weight excluding hydrogens is 415 g/mol. The van der Waals surface area contributed by atoms with E-state index in [1.54, 1.807) is 0 Å². The van der Waals surface area contributed by atoms with E-state index in [2.05, 4.69) is 9.88 Å². The van der Waals surface area contributed by atoms with Crippen molar-refractivity contribution in [2.75, 3.05) is 26.2 Å². The number of amides is 1. The number of alkyl halides is 3. The van der Waals surface area contributed by atoms with Crippen LogP contribution in [0.5, 0.6) is 0 Å². The molecule has 0 radical (unpaired) electrons. The molecule has 0 aliphatic carbocycles. The normalized spacial score (nSPS) is 19.3. The summed E-state index contributed by atoms with van der Waals surface area (Å²) in [7, 11) is 0. The van der Waals surface area contributed by atoms with Crippen molar-refractivity contribution in [3.63, 3.8) is 0 Å². The van der Waals surface area contributed by atoms with E-state index in [1.807, 2.05) is 30.2 Å². The highest BCUT2D eigenvalue weighted by Crippen LogP contribution is 2.30. The zero-order chi connectivity index (χ0) is 22.7. The SMILES string of the molecule is CC(C(=O)N1CCC(c2ccc(Cc3ccc(C(F)(F)F)cc3)cn2)CC1)N1CCCC1. The topological polar surface area (TPSA) is 36.4 Å². The smallest absolute Gasteiger partial charge is 0.341 e. The minimum atomic E-state index is -4.31. The molecule has 2 fully saturated rings. The van der Waals surface area contributed by atoms with Gasteiger partial charge in [-0.2, -0.15) is 13.2 Å². The van der Waals surface area contributed by atoms with Crippen molar-refractivity contribution < 1.29 is 18.0 Å². The van der Waals surface area contributed by atoms with E-state index >= 15 is 0 Å². The van der Waals surface area contributed by atoms with E-state index < -0.39 is 11.7 Å². The second-order valence-electron chi connectivity index (χ2n) is 8.98. The number of benzene rings is 1. The Morgan fingerprint density at radius 2 is 1.62 bits per heavy atom. The van der Waals surface area contributed by atoms with Gasteiger partial charge in [-0.1, -0.05) is 18.2 Å². The zero-order valence-corrected chi connectivity index (χ0v) is 18.4. The first-order chi connectivity index (χ1) is 15.3. The van der Waals surface area contributed by atoms with Crippen LogP contribution in [-0.2, 0) is 17.4 Å². The minimum Gasteiger partial charge on any atom is -0.341 e. The average Bonchev–Trinajstić information content (AvgIpc) is 3.34. The lowest BCUT2D eigenvalue weighted by Gasteiger charge is -2.35. The van der Waals surface area contributed by atoms with Crippen LogP contribution in [0.15, 0.2) is 42.6 Å². The van der Waals surface area contributed by atoms with E-state index in [1.165, 1.54) is 25.0 Å². The molecule has 172 valence electrons. The number of aromatic nitrogens is 1. The molecule has 0 bridgehead atoms. The summed E-state index contributed by atoms with van der Waals surface area (Å²) in [5, 5.41) is 0. The van der Waals surface area contributed by atoms with Gasteiger partial charge in [-0.15, -0.1) is 0 Å². The summed E-state index contributed by atoms with van der Waals surface area (Å²) in [6.45, 7) is 5.59. The van der Waals surface area contributed by atoms with Gasteiger partial charge in [-0.25, -0.2) is 0 Å². The number of nitrogens with zero attached hydrogens (tertiary/aromatic N) is 3. The van der Waals surface area contributed by atoms with Crippen molar-refractivity contribution in [2.24, 2.45) is 0 Å². The summed E-state index contributed by atoms with van der Waals surface area (Å²) in [5.74, 6) is 0.575. The second kappa shape index (κ2) is 9.61. The van der Waals surface area contributed by atoms with E-state index in [0.717, 1.165) is 68.0 Å². The van der Waals surface area contributed by atoms with Crippen LogP contribution in [0.1, 0.15) is 60.9 Å². The first-order valence-electron chi connectivity index (χ1n) is 11.4. The van der Waals surface area contributed by atoms with Gasteiger partial charge in [-0.05, 0) is 81.4 Å². The Bertz CT molecular complexity index is 898. The molecule has 1 atom stereocenters. The lowest BCUT2D eigenvalue weighted by molar-refractivity contribution is -0.138. The van der Waals surface area contributed by atoms with E-state index in [4.69, 9.17) is 0 Å². The molecule has 2 aliphatic heterocycles. The number of pyridine rings is 1. The standard InChI is InChI=1S/C25H30F3N3O/c1-18(30-12-2-3-13-30)24(32)31-14-10-21(11-15-31)23-9-6-20(17-29-23)16-19-4-7-22(8-5-19)25(26,27)28/h4-9,17-18,21H,2-3,10-16H2,1H3. The Morgan fingerprint density at radius 3 is 2.19 bits per heavy atom. The van der Waals surface area contributed by atoms with E-state index in [0.29, 0.717) is 12.3 Å². The Morgan fingerprint density at radius 1 is 1.00 bits per heavy atom. The number of hydrogen-bond donors (Lipinski definition) is 0. The van der Waals surface area contributed by atoms with Gasteiger partial charge in [0.1, 0.15) is 0 Å². The molecule has 4 nitrogen and oxygen atoms in total. The second-order valence-corrected chi connectivity index (χ2v) is 8.98. The molecule has 2 aromatic rings. The number of rotatable bonds is 5. The number of hydrogen-bond acceptors (Lipinski definition) is 3. The molecule has 4 rings (SSSR count). The summed E-state index contributed by atoms with van der Waals surface area (Å²) < 4.78 is 38.1. The predicted octanol–water partition coefficient (Wildman–Crippen LogP) is 4.88. The molecule has 32 heavy (non-hydrogen) atoms. The molecule has 2 saturated heterocycles. The largest absolute Gasteiger partial charge is 0.416 e. The van der Waals surface area contributed by atoms with Crippen LogP contribution >= 0.6 is 0 Å². The highest BCUT2D eigenvalue weighted by Gasteiger charge is 2.31. The van der Waals surface area contributed by atoms with E-state index in [9.17, 15) is 18.0 Å². The zero-order valence-electron chi connectivity index (χ0n) is 18.4. The first kappa shape index (κ1) is 22.8. The molecule has 1 amide bonds. The van der Waals surface area contributed by atoms with Crippen LogP contribution in [-0.4, -0.2) is 52.9 Å². The van der Waals surface area contributed by atoms with E-state index in [-0.39, 0.29) is 11.9 Å². The van der Waals surface area contributed by atoms with Crippen molar-refractivity contribution in [3.05, 3.63) is 65.0 Å². The third kappa shape index (κ3) is 5.31. The van der Waals surface area contributed by atoms with Gasteiger partial charge in [0, 0.05) is 30.9 Å². The molecule has 1 unspecified atom stereocenters. The number of carbonyl (C=O) groups is 1. The fourth-order valence-electron chi connectivity index (χ4n) is 4.77. The highest BCUT2D eigenvalue weighted by molar-refractivity contribution is 5.81. The maximum absolute atomic E-state index is 12.8. The van der Waals surface area contributed by atoms with Crippen LogP contribution in [0.25, 0.3) is 0 Å². The molecule has 7 heteroatoms. The van der Waals surface area contributed by atoms with Crippen molar-refractivity contribution in [1.29, 1.82) is 0 Å². The van der Waals surface area contributed by atoms with Gasteiger partial charge in [0.2, 0.25) is 5.91 Å². The molecule has 1 aromatic heterocycles. The number of halogens is 3. The third-order valence-corrected chi connectivity index (χ3v) is 6.81. The Kier molecular flexibility index (Phi) is 6.84. The molecule has 1 aromatic carbocycles. The Hall–Kier alpha value is -2.41. The number of piperidine rings is 1. The molecule has 0 spiro atoms. The quantitative estimate of drug-likeness (QED) is 0.658. The van der Waals surface area contributed by atoms with Gasteiger partial charge in [0.15, 0.2) is 0 Å². The van der Waals surface area contributed by atoms with Crippen molar-refractivity contribution in [1.82, 2.24) is 14.8 Å².